The summed E-state index contributed by atoms with van der Waals surface area (Å²) in [5.41, 5.74) is -0.226. The van der Waals surface area contributed by atoms with E-state index in [9.17, 15) is 14.0 Å². The van der Waals surface area contributed by atoms with Crippen LogP contribution < -0.4 is 10.6 Å². The van der Waals surface area contributed by atoms with Gasteiger partial charge in [0.15, 0.2) is 0 Å². The van der Waals surface area contributed by atoms with E-state index in [2.05, 4.69) is 10.6 Å². The number of carbonyl (C=O) groups is 2. The molecule has 0 atom stereocenters. The highest BCUT2D eigenvalue weighted by Crippen LogP contribution is 2.17. The topological polar surface area (TPSA) is 87.7 Å². The van der Waals surface area contributed by atoms with Crippen LogP contribution in [0.5, 0.6) is 0 Å². The maximum absolute atomic E-state index is 13.0. The van der Waals surface area contributed by atoms with Crippen molar-refractivity contribution in [2.45, 2.75) is 18.9 Å². The summed E-state index contributed by atoms with van der Waals surface area (Å²) in [5, 5.41) is 14.1. The summed E-state index contributed by atoms with van der Waals surface area (Å²) in [5.74, 6) is -1.97. The van der Waals surface area contributed by atoms with Crippen molar-refractivity contribution in [1.82, 2.24) is 5.32 Å². The normalized spacial score (nSPS) is 15.7. The first-order chi connectivity index (χ1) is 9.56. The minimum absolute atomic E-state index is 0.00234. The molecule has 1 aliphatic rings. The average molecular weight is 282 g/mol. The molecule has 1 fully saturated rings. The molecule has 2 rings (SSSR count). The molecule has 0 saturated carbocycles. The molecule has 0 radical (unpaired) electrons. The fraction of sp³-hybridized carbons (Fsp3) is 0.385. The molecule has 6 nitrogen and oxygen atoms in total. The molecular formula is C13H15FN2O4. The van der Waals surface area contributed by atoms with Gasteiger partial charge in [0.1, 0.15) is 5.82 Å². The SMILES string of the molecule is O=C(Nc1ccc(F)cc1C(=O)O)NC1CCOCC1. The Labute approximate surface area is 114 Å². The molecule has 1 aromatic rings. The Morgan fingerprint density at radius 1 is 1.30 bits per heavy atom. The van der Waals surface area contributed by atoms with Gasteiger partial charge < -0.3 is 20.5 Å². The summed E-state index contributed by atoms with van der Waals surface area (Å²) in [6, 6.07) is 2.68. The summed E-state index contributed by atoms with van der Waals surface area (Å²) in [4.78, 5) is 22.8. The van der Waals surface area contributed by atoms with E-state index in [0.29, 0.717) is 26.1 Å². The number of carboxylic acid groups (broad SMARTS) is 1. The van der Waals surface area contributed by atoms with Crippen molar-refractivity contribution < 1.29 is 23.8 Å². The summed E-state index contributed by atoms with van der Waals surface area (Å²) in [7, 11) is 0. The Bertz CT molecular complexity index is 515. The maximum atomic E-state index is 13.0. The molecule has 1 aromatic carbocycles. The van der Waals surface area contributed by atoms with Crippen molar-refractivity contribution in [2.24, 2.45) is 0 Å². The van der Waals surface area contributed by atoms with Crippen molar-refractivity contribution in [3.05, 3.63) is 29.6 Å². The average Bonchev–Trinajstić information content (AvgIpc) is 2.41. The third-order valence-electron chi connectivity index (χ3n) is 3.02. The molecule has 1 aliphatic heterocycles. The quantitative estimate of drug-likeness (QED) is 0.789. The van der Waals surface area contributed by atoms with E-state index in [1.54, 1.807) is 0 Å². The number of amides is 2. The first-order valence-electron chi connectivity index (χ1n) is 6.24. The number of anilines is 1. The van der Waals surface area contributed by atoms with Crippen LogP contribution in [0, 0.1) is 5.82 Å². The fourth-order valence-electron chi connectivity index (χ4n) is 1.99. The van der Waals surface area contributed by atoms with Crippen LogP contribution in [0.25, 0.3) is 0 Å². The zero-order chi connectivity index (χ0) is 14.5. The molecule has 7 heteroatoms. The van der Waals surface area contributed by atoms with Crippen LogP contribution in [0.1, 0.15) is 23.2 Å². The predicted octanol–water partition coefficient (Wildman–Crippen LogP) is 1.82. The molecule has 0 bridgehead atoms. The van der Waals surface area contributed by atoms with E-state index in [4.69, 9.17) is 9.84 Å². The highest BCUT2D eigenvalue weighted by Gasteiger charge is 2.18. The number of ether oxygens (including phenoxy) is 1. The number of hydrogen-bond acceptors (Lipinski definition) is 3. The van der Waals surface area contributed by atoms with E-state index >= 15 is 0 Å². The fourth-order valence-corrected chi connectivity index (χ4v) is 1.99. The smallest absolute Gasteiger partial charge is 0.337 e. The molecule has 3 N–H and O–H groups in total. The first kappa shape index (κ1) is 14.3. The molecule has 0 aliphatic carbocycles. The number of rotatable bonds is 3. The zero-order valence-electron chi connectivity index (χ0n) is 10.7. The van der Waals surface area contributed by atoms with Crippen molar-refractivity contribution in [1.29, 1.82) is 0 Å². The third kappa shape index (κ3) is 3.67. The Hall–Kier alpha value is -2.15. The monoisotopic (exact) mass is 282 g/mol. The maximum Gasteiger partial charge on any atom is 0.337 e. The minimum Gasteiger partial charge on any atom is -0.478 e. The number of urea groups is 1. The van der Waals surface area contributed by atoms with Gasteiger partial charge in [0, 0.05) is 19.3 Å². The van der Waals surface area contributed by atoms with Crippen LogP contribution in [0.4, 0.5) is 14.9 Å². The van der Waals surface area contributed by atoms with Crippen molar-refractivity contribution in [3.8, 4) is 0 Å². The van der Waals surface area contributed by atoms with Crippen molar-refractivity contribution >= 4 is 17.7 Å². The number of carboxylic acids is 1. The van der Waals surface area contributed by atoms with Gasteiger partial charge in [0.25, 0.3) is 0 Å². The third-order valence-corrected chi connectivity index (χ3v) is 3.02. The molecule has 2 amide bonds. The zero-order valence-corrected chi connectivity index (χ0v) is 10.7. The van der Waals surface area contributed by atoms with Gasteiger partial charge in [-0.3, -0.25) is 0 Å². The minimum atomic E-state index is -1.30. The Balaban J connectivity index is 2.01. The lowest BCUT2D eigenvalue weighted by Crippen LogP contribution is -2.41. The number of nitrogens with one attached hydrogen (secondary N) is 2. The lowest BCUT2D eigenvalue weighted by atomic mass is 10.1. The summed E-state index contributed by atoms with van der Waals surface area (Å²) in [6.45, 7) is 1.17. The second kappa shape index (κ2) is 6.33. The predicted molar refractivity (Wildman–Crippen MR) is 69.4 cm³/mol. The Morgan fingerprint density at radius 3 is 2.65 bits per heavy atom. The van der Waals surface area contributed by atoms with Crippen molar-refractivity contribution in [2.75, 3.05) is 18.5 Å². The van der Waals surface area contributed by atoms with Crippen LogP contribution in [-0.2, 0) is 4.74 Å². The van der Waals surface area contributed by atoms with E-state index in [-0.39, 0.29) is 17.3 Å². The van der Waals surface area contributed by atoms with E-state index < -0.39 is 17.8 Å². The number of aromatic carboxylic acids is 1. The van der Waals surface area contributed by atoms with Gasteiger partial charge in [-0.25, -0.2) is 14.0 Å². The van der Waals surface area contributed by atoms with Gasteiger partial charge in [-0.05, 0) is 31.0 Å². The molecule has 0 unspecified atom stereocenters. The van der Waals surface area contributed by atoms with Gasteiger partial charge in [-0.1, -0.05) is 0 Å². The number of carbonyl (C=O) groups excluding carboxylic acids is 1. The Kier molecular flexibility index (Phi) is 4.52. The molecule has 0 aromatic heterocycles. The van der Waals surface area contributed by atoms with Gasteiger partial charge in [-0.15, -0.1) is 0 Å². The van der Waals surface area contributed by atoms with E-state index in [0.717, 1.165) is 12.1 Å². The largest absolute Gasteiger partial charge is 0.478 e. The van der Waals surface area contributed by atoms with Crippen LogP contribution in [0.2, 0.25) is 0 Å². The number of halogens is 1. The van der Waals surface area contributed by atoms with Gasteiger partial charge >= 0.3 is 12.0 Å². The molecule has 0 spiro atoms. The summed E-state index contributed by atoms with van der Waals surface area (Å²) < 4.78 is 18.2. The molecule has 1 heterocycles. The molecule has 108 valence electrons. The first-order valence-corrected chi connectivity index (χ1v) is 6.24. The summed E-state index contributed by atoms with van der Waals surface area (Å²) in [6.07, 6.45) is 1.42. The highest BCUT2D eigenvalue weighted by molar-refractivity contribution is 6.00. The van der Waals surface area contributed by atoms with E-state index in [1.165, 1.54) is 6.07 Å². The van der Waals surface area contributed by atoms with Crippen LogP contribution in [0.15, 0.2) is 18.2 Å². The highest BCUT2D eigenvalue weighted by atomic mass is 19.1. The number of hydrogen-bond donors (Lipinski definition) is 3. The second-order valence-electron chi connectivity index (χ2n) is 4.48. The van der Waals surface area contributed by atoms with Crippen LogP contribution in [-0.4, -0.2) is 36.4 Å². The standard InChI is InChI=1S/C13H15FN2O4/c14-8-1-2-11(10(7-8)12(17)18)16-13(19)15-9-3-5-20-6-4-9/h1-2,7,9H,3-6H2,(H,17,18)(H2,15,16,19). The van der Waals surface area contributed by atoms with Crippen molar-refractivity contribution in [3.63, 3.8) is 0 Å². The number of benzene rings is 1. The molecule has 1 saturated heterocycles. The Morgan fingerprint density at radius 2 is 2.00 bits per heavy atom. The van der Waals surface area contributed by atoms with Crippen LogP contribution >= 0.6 is 0 Å². The van der Waals surface area contributed by atoms with Crippen LogP contribution in [0.3, 0.4) is 0 Å². The summed E-state index contributed by atoms with van der Waals surface area (Å²) >= 11 is 0. The lowest BCUT2D eigenvalue weighted by Gasteiger charge is -2.23. The molecule has 20 heavy (non-hydrogen) atoms. The molecular weight excluding hydrogens is 267 g/mol. The van der Waals surface area contributed by atoms with Gasteiger partial charge in [-0.2, -0.15) is 0 Å². The van der Waals surface area contributed by atoms with Gasteiger partial charge in [0.2, 0.25) is 0 Å². The van der Waals surface area contributed by atoms with E-state index in [1.807, 2.05) is 0 Å². The lowest BCUT2D eigenvalue weighted by molar-refractivity contribution is 0.0697. The van der Waals surface area contributed by atoms with Gasteiger partial charge in [0.05, 0.1) is 11.3 Å². The second-order valence-corrected chi connectivity index (χ2v) is 4.48.